The van der Waals surface area contributed by atoms with E-state index in [9.17, 15) is 4.79 Å². The van der Waals surface area contributed by atoms with Crippen LogP contribution in [0.2, 0.25) is 0 Å². The van der Waals surface area contributed by atoms with Crippen molar-refractivity contribution in [1.29, 1.82) is 0 Å². The molecule has 2 heterocycles. The van der Waals surface area contributed by atoms with Gasteiger partial charge in [0.1, 0.15) is 0 Å². The Morgan fingerprint density at radius 2 is 2.14 bits per heavy atom. The minimum absolute atomic E-state index is 0.167. The summed E-state index contributed by atoms with van der Waals surface area (Å²) in [5.41, 5.74) is 1.88. The van der Waals surface area contributed by atoms with Crippen LogP contribution in [0, 0.1) is 5.92 Å². The maximum atomic E-state index is 12.6. The number of rotatable bonds is 4. The summed E-state index contributed by atoms with van der Waals surface area (Å²) in [5.74, 6) is 0.876. The molecule has 0 bridgehead atoms. The van der Waals surface area contributed by atoms with Gasteiger partial charge >= 0.3 is 0 Å². The lowest BCUT2D eigenvalue weighted by atomic mass is 9.96. The molecule has 0 aliphatic carbocycles. The van der Waals surface area contributed by atoms with Crippen LogP contribution in [-0.2, 0) is 0 Å². The van der Waals surface area contributed by atoms with Gasteiger partial charge in [0.2, 0.25) is 0 Å². The Kier molecular flexibility index (Phi) is 4.25. The summed E-state index contributed by atoms with van der Waals surface area (Å²) in [6.07, 6.45) is 4.11. The highest BCUT2D eigenvalue weighted by Crippen LogP contribution is 2.20. The zero-order valence-electron chi connectivity index (χ0n) is 12.6. The maximum absolute atomic E-state index is 12.6. The minimum Gasteiger partial charge on any atom is -0.361 e. The van der Waals surface area contributed by atoms with Crippen LogP contribution in [0.1, 0.15) is 30.1 Å². The molecule has 3 rings (SSSR count). The van der Waals surface area contributed by atoms with Crippen molar-refractivity contribution < 1.29 is 4.79 Å². The Labute approximate surface area is 125 Å². The van der Waals surface area contributed by atoms with Gasteiger partial charge in [-0.15, -0.1) is 0 Å². The maximum Gasteiger partial charge on any atom is 0.253 e. The van der Waals surface area contributed by atoms with Crippen molar-refractivity contribution in [3.8, 4) is 0 Å². The Morgan fingerprint density at radius 1 is 1.33 bits per heavy atom. The average Bonchev–Trinajstić information content (AvgIpc) is 3.00. The molecule has 1 amide bonds. The number of nitrogens with zero attached hydrogens (tertiary/aromatic N) is 1. The molecule has 4 heteroatoms. The predicted molar refractivity (Wildman–Crippen MR) is 85.5 cm³/mol. The first-order valence-electron chi connectivity index (χ1n) is 7.85. The first kappa shape index (κ1) is 14.1. The highest BCUT2D eigenvalue weighted by Gasteiger charge is 2.23. The van der Waals surface area contributed by atoms with E-state index in [1.807, 2.05) is 35.4 Å². The third-order valence-electron chi connectivity index (χ3n) is 4.39. The number of carbonyl (C=O) groups is 1. The molecule has 1 aliphatic rings. The van der Waals surface area contributed by atoms with Crippen molar-refractivity contribution in [2.75, 3.05) is 26.2 Å². The number of hydrogen-bond donors (Lipinski definition) is 2. The molecule has 112 valence electrons. The standard InChI is InChI=1S/C17H23N3O/c1-2-18-12-13-6-9-20(10-7-13)17(21)15-3-4-16-14(11-15)5-8-19-16/h3-5,8,11,13,18-19H,2,6-7,9-10,12H2,1H3. The van der Waals surface area contributed by atoms with E-state index in [0.717, 1.165) is 55.5 Å². The molecule has 4 nitrogen and oxygen atoms in total. The van der Waals surface area contributed by atoms with Gasteiger partial charge in [-0.05, 0) is 56.1 Å². The molecular weight excluding hydrogens is 262 g/mol. The number of hydrogen-bond acceptors (Lipinski definition) is 2. The van der Waals surface area contributed by atoms with Crippen LogP contribution in [0.25, 0.3) is 10.9 Å². The minimum atomic E-state index is 0.167. The number of benzene rings is 1. The highest BCUT2D eigenvalue weighted by atomic mass is 16.2. The van der Waals surface area contributed by atoms with Gasteiger partial charge in [0.05, 0.1) is 0 Å². The Bertz CT molecular complexity index is 611. The molecule has 0 atom stereocenters. The number of piperidine rings is 1. The number of fused-ring (bicyclic) bond motifs is 1. The molecule has 1 fully saturated rings. The summed E-state index contributed by atoms with van der Waals surface area (Å²) in [4.78, 5) is 17.7. The van der Waals surface area contributed by atoms with E-state index in [1.54, 1.807) is 0 Å². The number of H-pyrrole nitrogens is 1. The largest absolute Gasteiger partial charge is 0.361 e. The number of carbonyl (C=O) groups excluding carboxylic acids is 1. The van der Waals surface area contributed by atoms with Gasteiger partial charge in [0, 0.05) is 35.8 Å². The number of aromatic amines is 1. The Hall–Kier alpha value is -1.81. The van der Waals surface area contributed by atoms with Gasteiger partial charge < -0.3 is 15.2 Å². The van der Waals surface area contributed by atoms with Crippen LogP contribution < -0.4 is 5.32 Å². The smallest absolute Gasteiger partial charge is 0.253 e. The number of aromatic nitrogens is 1. The predicted octanol–water partition coefficient (Wildman–Crippen LogP) is 2.63. The molecule has 2 aromatic rings. The molecule has 1 aliphatic heterocycles. The molecule has 0 radical (unpaired) electrons. The SMILES string of the molecule is CCNCC1CCN(C(=O)c2ccc3[nH]ccc3c2)CC1. The van der Waals surface area contributed by atoms with Crippen molar-refractivity contribution in [3.05, 3.63) is 36.0 Å². The Balaban J connectivity index is 1.63. The second kappa shape index (κ2) is 6.31. The van der Waals surface area contributed by atoms with Gasteiger partial charge in [-0.1, -0.05) is 6.92 Å². The van der Waals surface area contributed by atoms with E-state index in [2.05, 4.69) is 17.2 Å². The monoisotopic (exact) mass is 285 g/mol. The molecule has 1 saturated heterocycles. The fourth-order valence-corrected chi connectivity index (χ4v) is 3.06. The van der Waals surface area contributed by atoms with E-state index >= 15 is 0 Å². The first-order valence-corrected chi connectivity index (χ1v) is 7.85. The molecule has 1 aromatic heterocycles. The topological polar surface area (TPSA) is 48.1 Å². The summed E-state index contributed by atoms with van der Waals surface area (Å²) in [6, 6.07) is 7.90. The fraction of sp³-hybridized carbons (Fsp3) is 0.471. The second-order valence-corrected chi connectivity index (χ2v) is 5.82. The van der Waals surface area contributed by atoms with Crippen LogP contribution >= 0.6 is 0 Å². The number of amides is 1. The first-order chi connectivity index (χ1) is 10.3. The quantitative estimate of drug-likeness (QED) is 0.907. The van der Waals surface area contributed by atoms with Crippen molar-refractivity contribution in [2.45, 2.75) is 19.8 Å². The molecule has 2 N–H and O–H groups in total. The van der Waals surface area contributed by atoms with Crippen LogP contribution in [0.5, 0.6) is 0 Å². The van der Waals surface area contributed by atoms with Crippen molar-refractivity contribution >= 4 is 16.8 Å². The van der Waals surface area contributed by atoms with Gasteiger partial charge in [-0.2, -0.15) is 0 Å². The second-order valence-electron chi connectivity index (χ2n) is 5.82. The van der Waals surface area contributed by atoms with E-state index in [0.29, 0.717) is 5.92 Å². The summed E-state index contributed by atoms with van der Waals surface area (Å²) in [6.45, 7) is 5.99. The average molecular weight is 285 g/mol. The van der Waals surface area contributed by atoms with Gasteiger partial charge in [-0.3, -0.25) is 4.79 Å². The molecule has 0 unspecified atom stereocenters. The lowest BCUT2D eigenvalue weighted by molar-refractivity contribution is 0.0690. The van der Waals surface area contributed by atoms with E-state index < -0.39 is 0 Å². The summed E-state index contributed by atoms with van der Waals surface area (Å²) >= 11 is 0. The number of likely N-dealkylation sites (tertiary alicyclic amines) is 1. The third kappa shape index (κ3) is 3.10. The normalized spacial score (nSPS) is 16.5. The fourth-order valence-electron chi connectivity index (χ4n) is 3.06. The third-order valence-corrected chi connectivity index (χ3v) is 4.39. The number of nitrogens with one attached hydrogen (secondary N) is 2. The summed E-state index contributed by atoms with van der Waals surface area (Å²) < 4.78 is 0. The van der Waals surface area contributed by atoms with E-state index in [-0.39, 0.29) is 5.91 Å². The van der Waals surface area contributed by atoms with Crippen LogP contribution in [0.15, 0.2) is 30.5 Å². The molecule has 0 spiro atoms. The summed E-state index contributed by atoms with van der Waals surface area (Å²) in [5, 5.41) is 4.50. The zero-order valence-corrected chi connectivity index (χ0v) is 12.6. The van der Waals surface area contributed by atoms with Crippen LogP contribution in [-0.4, -0.2) is 42.0 Å². The molecular formula is C17H23N3O. The lowest BCUT2D eigenvalue weighted by Crippen LogP contribution is -2.40. The van der Waals surface area contributed by atoms with Crippen molar-refractivity contribution in [2.24, 2.45) is 5.92 Å². The zero-order chi connectivity index (χ0) is 14.7. The molecule has 21 heavy (non-hydrogen) atoms. The van der Waals surface area contributed by atoms with Crippen LogP contribution in [0.3, 0.4) is 0 Å². The molecule has 1 aromatic carbocycles. The van der Waals surface area contributed by atoms with Crippen molar-refractivity contribution in [3.63, 3.8) is 0 Å². The Morgan fingerprint density at radius 3 is 2.90 bits per heavy atom. The van der Waals surface area contributed by atoms with E-state index in [4.69, 9.17) is 0 Å². The highest BCUT2D eigenvalue weighted by molar-refractivity contribution is 5.98. The van der Waals surface area contributed by atoms with Gasteiger partial charge in [0.15, 0.2) is 0 Å². The van der Waals surface area contributed by atoms with Gasteiger partial charge in [-0.25, -0.2) is 0 Å². The van der Waals surface area contributed by atoms with Crippen LogP contribution in [0.4, 0.5) is 0 Å². The van der Waals surface area contributed by atoms with Crippen molar-refractivity contribution in [1.82, 2.24) is 15.2 Å². The lowest BCUT2D eigenvalue weighted by Gasteiger charge is -2.32. The van der Waals surface area contributed by atoms with E-state index in [1.165, 1.54) is 0 Å². The summed E-state index contributed by atoms with van der Waals surface area (Å²) in [7, 11) is 0. The molecule has 0 saturated carbocycles. The van der Waals surface area contributed by atoms with Gasteiger partial charge in [0.25, 0.3) is 5.91 Å².